The number of esters is 1. The van der Waals surface area contributed by atoms with Gasteiger partial charge in [0.05, 0.1) is 24.6 Å². The lowest BCUT2D eigenvalue weighted by Gasteiger charge is -2.32. The zero-order valence-electron chi connectivity index (χ0n) is 14.8. The highest BCUT2D eigenvalue weighted by Crippen LogP contribution is 2.19. The van der Waals surface area contributed by atoms with E-state index >= 15 is 0 Å². The highest BCUT2D eigenvalue weighted by atomic mass is 127. The van der Waals surface area contributed by atoms with Gasteiger partial charge < -0.3 is 14.5 Å². The number of hydrogen-bond acceptors (Lipinski definition) is 4. The Morgan fingerprint density at radius 3 is 2.77 bits per heavy atom. The highest BCUT2D eigenvalue weighted by molar-refractivity contribution is 14.1. The predicted molar refractivity (Wildman–Crippen MR) is 102 cm³/mol. The van der Waals surface area contributed by atoms with E-state index < -0.39 is 5.82 Å². The number of rotatable bonds is 5. The average Bonchev–Trinajstić information content (AvgIpc) is 2.61. The highest BCUT2D eigenvalue weighted by Gasteiger charge is 2.30. The largest absolute Gasteiger partial charge is 0.466 e. The summed E-state index contributed by atoms with van der Waals surface area (Å²) in [5, 5.41) is 0. The van der Waals surface area contributed by atoms with Gasteiger partial charge in [-0.25, -0.2) is 4.39 Å². The summed E-state index contributed by atoms with van der Waals surface area (Å²) in [6, 6.07) is 3.91. The first-order chi connectivity index (χ1) is 12.3. The van der Waals surface area contributed by atoms with Gasteiger partial charge in [-0.05, 0) is 60.6 Å². The van der Waals surface area contributed by atoms with E-state index in [2.05, 4.69) is 0 Å². The number of likely N-dealkylation sites (N-methyl/N-ethyl adjacent to an activating group) is 1. The van der Waals surface area contributed by atoms with Crippen LogP contribution in [0.15, 0.2) is 18.2 Å². The molecule has 1 heterocycles. The van der Waals surface area contributed by atoms with Gasteiger partial charge in [0.15, 0.2) is 0 Å². The summed E-state index contributed by atoms with van der Waals surface area (Å²) in [5.41, 5.74) is 0.352. The first-order valence-corrected chi connectivity index (χ1v) is 9.56. The standard InChI is InChI=1S/C18H22FIN2O4/c1-3-26-18(25)12-5-4-8-22(10-12)16(23)11-21(2)17(24)14-7-6-13(19)9-15(14)20/h6-7,9,12H,3-5,8,10-11H2,1-2H3. The van der Waals surface area contributed by atoms with Crippen LogP contribution in [0.2, 0.25) is 0 Å². The number of carbonyl (C=O) groups excluding carboxylic acids is 3. The van der Waals surface area contributed by atoms with E-state index in [-0.39, 0.29) is 30.2 Å². The van der Waals surface area contributed by atoms with Gasteiger partial charge in [-0.2, -0.15) is 0 Å². The van der Waals surface area contributed by atoms with Crippen LogP contribution in [0.5, 0.6) is 0 Å². The van der Waals surface area contributed by atoms with Gasteiger partial charge in [0.25, 0.3) is 5.91 Å². The van der Waals surface area contributed by atoms with Gasteiger partial charge in [0, 0.05) is 23.7 Å². The number of likely N-dealkylation sites (tertiary alicyclic amines) is 1. The molecule has 1 aromatic rings. The summed E-state index contributed by atoms with van der Waals surface area (Å²) >= 11 is 1.89. The van der Waals surface area contributed by atoms with Crippen LogP contribution < -0.4 is 0 Å². The van der Waals surface area contributed by atoms with Crippen molar-refractivity contribution in [2.24, 2.45) is 5.92 Å². The molecule has 1 aromatic carbocycles. The van der Waals surface area contributed by atoms with Crippen LogP contribution >= 0.6 is 22.6 Å². The monoisotopic (exact) mass is 476 g/mol. The van der Waals surface area contributed by atoms with Crippen LogP contribution in [0.4, 0.5) is 4.39 Å². The van der Waals surface area contributed by atoms with Crippen LogP contribution in [-0.2, 0) is 14.3 Å². The fraction of sp³-hybridized carbons (Fsp3) is 0.500. The van der Waals surface area contributed by atoms with Crippen molar-refractivity contribution in [3.63, 3.8) is 0 Å². The Kier molecular flexibility index (Phi) is 7.36. The molecule has 0 N–H and O–H groups in total. The van der Waals surface area contributed by atoms with Crippen molar-refractivity contribution in [3.8, 4) is 0 Å². The van der Waals surface area contributed by atoms with Gasteiger partial charge in [0.1, 0.15) is 5.82 Å². The van der Waals surface area contributed by atoms with E-state index in [1.165, 1.54) is 30.1 Å². The number of halogens is 2. The number of benzene rings is 1. The molecular formula is C18H22FIN2O4. The van der Waals surface area contributed by atoms with Crippen molar-refractivity contribution in [1.29, 1.82) is 0 Å². The minimum absolute atomic E-state index is 0.0954. The number of carbonyl (C=O) groups is 3. The topological polar surface area (TPSA) is 66.9 Å². The molecule has 6 nitrogen and oxygen atoms in total. The molecule has 0 aromatic heterocycles. The van der Waals surface area contributed by atoms with Crippen LogP contribution in [0.25, 0.3) is 0 Å². The van der Waals surface area contributed by atoms with E-state index in [0.717, 1.165) is 6.42 Å². The summed E-state index contributed by atoms with van der Waals surface area (Å²) in [5.74, 6) is -1.57. The molecule has 0 aliphatic carbocycles. The minimum Gasteiger partial charge on any atom is -0.466 e. The Morgan fingerprint density at radius 1 is 1.38 bits per heavy atom. The summed E-state index contributed by atoms with van der Waals surface area (Å²) in [6.45, 7) is 2.85. The predicted octanol–water partition coefficient (Wildman–Crippen LogP) is 2.30. The molecule has 0 bridgehead atoms. The summed E-state index contributed by atoms with van der Waals surface area (Å²) in [6.07, 6.45) is 1.42. The Hall–Kier alpha value is -1.71. The molecule has 1 atom stereocenters. The third-order valence-electron chi connectivity index (χ3n) is 4.27. The van der Waals surface area contributed by atoms with Gasteiger partial charge in [-0.3, -0.25) is 14.4 Å². The van der Waals surface area contributed by atoms with Gasteiger partial charge in [0.2, 0.25) is 5.91 Å². The molecule has 8 heteroatoms. The van der Waals surface area contributed by atoms with Crippen LogP contribution in [-0.4, -0.2) is 60.9 Å². The number of ether oxygens (including phenoxy) is 1. The zero-order chi connectivity index (χ0) is 19.3. The molecule has 1 saturated heterocycles. The van der Waals surface area contributed by atoms with Gasteiger partial charge in [-0.15, -0.1) is 0 Å². The molecule has 1 aliphatic heterocycles. The summed E-state index contributed by atoms with van der Waals surface area (Å²) < 4.78 is 18.7. The first-order valence-electron chi connectivity index (χ1n) is 8.48. The lowest BCUT2D eigenvalue weighted by atomic mass is 9.98. The Bertz CT molecular complexity index is 698. The molecule has 0 saturated carbocycles. The fourth-order valence-electron chi connectivity index (χ4n) is 2.90. The molecule has 2 amide bonds. The van der Waals surface area contributed by atoms with E-state index in [0.29, 0.717) is 35.3 Å². The quantitative estimate of drug-likeness (QED) is 0.484. The van der Waals surface area contributed by atoms with Gasteiger partial charge >= 0.3 is 5.97 Å². The molecule has 142 valence electrons. The molecule has 1 aliphatic rings. The van der Waals surface area contributed by atoms with E-state index in [4.69, 9.17) is 4.74 Å². The van der Waals surface area contributed by atoms with Crippen molar-refractivity contribution in [1.82, 2.24) is 9.80 Å². The fourth-order valence-corrected chi connectivity index (χ4v) is 3.61. The van der Waals surface area contributed by atoms with Crippen molar-refractivity contribution >= 4 is 40.4 Å². The van der Waals surface area contributed by atoms with Crippen LogP contribution in [0, 0.1) is 15.3 Å². The number of hydrogen-bond donors (Lipinski definition) is 0. The third kappa shape index (κ3) is 5.15. The van der Waals surface area contributed by atoms with Crippen LogP contribution in [0.1, 0.15) is 30.1 Å². The molecule has 1 fully saturated rings. The molecular weight excluding hydrogens is 454 g/mol. The Labute approximate surface area is 165 Å². The van der Waals surface area contributed by atoms with Crippen molar-refractivity contribution in [2.75, 3.05) is 33.3 Å². The molecule has 1 unspecified atom stereocenters. The van der Waals surface area contributed by atoms with Crippen LogP contribution in [0.3, 0.4) is 0 Å². The first kappa shape index (κ1) is 20.6. The van der Waals surface area contributed by atoms with E-state index in [1.54, 1.807) is 11.8 Å². The second-order valence-electron chi connectivity index (χ2n) is 6.22. The van der Waals surface area contributed by atoms with Gasteiger partial charge in [-0.1, -0.05) is 0 Å². The Morgan fingerprint density at radius 2 is 2.12 bits per heavy atom. The lowest BCUT2D eigenvalue weighted by Crippen LogP contribution is -2.47. The van der Waals surface area contributed by atoms with Crippen molar-refractivity contribution in [3.05, 3.63) is 33.1 Å². The second-order valence-corrected chi connectivity index (χ2v) is 7.38. The summed E-state index contributed by atoms with van der Waals surface area (Å²) in [4.78, 5) is 39.8. The molecule has 26 heavy (non-hydrogen) atoms. The second kappa shape index (κ2) is 9.29. The van der Waals surface area contributed by atoms with E-state index in [9.17, 15) is 18.8 Å². The van der Waals surface area contributed by atoms with Crippen molar-refractivity contribution < 1.29 is 23.5 Å². The van der Waals surface area contributed by atoms with Crippen molar-refractivity contribution in [2.45, 2.75) is 19.8 Å². The summed E-state index contributed by atoms with van der Waals surface area (Å²) in [7, 11) is 1.53. The molecule has 2 rings (SSSR count). The SMILES string of the molecule is CCOC(=O)C1CCCN(C(=O)CN(C)C(=O)c2ccc(F)cc2I)C1. The maximum atomic E-state index is 13.2. The van der Waals surface area contributed by atoms with E-state index in [1.807, 2.05) is 22.6 Å². The normalized spacial score (nSPS) is 16.9. The Balaban J connectivity index is 1.97. The number of piperidine rings is 1. The molecule has 0 radical (unpaired) electrons. The minimum atomic E-state index is -0.414. The maximum Gasteiger partial charge on any atom is 0.310 e. The third-order valence-corrected chi connectivity index (χ3v) is 5.17. The smallest absolute Gasteiger partial charge is 0.310 e. The number of nitrogens with zero attached hydrogens (tertiary/aromatic N) is 2. The lowest BCUT2D eigenvalue weighted by molar-refractivity contribution is -0.151. The molecule has 0 spiro atoms. The zero-order valence-corrected chi connectivity index (χ0v) is 17.0. The maximum absolute atomic E-state index is 13.2. The number of amides is 2. The average molecular weight is 476 g/mol.